The van der Waals surface area contributed by atoms with Crippen LogP contribution in [0.3, 0.4) is 0 Å². The van der Waals surface area contributed by atoms with Gasteiger partial charge in [-0.1, -0.05) is 102 Å². The summed E-state index contributed by atoms with van der Waals surface area (Å²) in [7, 11) is 0. The van der Waals surface area contributed by atoms with Gasteiger partial charge in [0.1, 0.15) is 0 Å². The molecule has 3 nitrogen and oxygen atoms in total. The maximum atomic E-state index is 4.45. The van der Waals surface area contributed by atoms with E-state index in [4.69, 9.17) is 0 Å². The Kier molecular flexibility index (Phi) is 10.7. The minimum absolute atomic E-state index is 0.112. The third-order valence-corrected chi connectivity index (χ3v) is 18.1. The highest BCUT2D eigenvalue weighted by Gasteiger charge is 2.66. The molecule has 0 spiro atoms. The Morgan fingerprint density at radius 3 is 2.07 bits per heavy atom. The second-order valence-corrected chi connectivity index (χ2v) is 22.3. The molecule has 3 heteroatoms. The fourth-order valence-corrected chi connectivity index (χ4v) is 15.0. The number of nitrogens with one attached hydrogen (secondary N) is 1. The van der Waals surface area contributed by atoms with Crippen LogP contribution >= 0.6 is 0 Å². The number of allylic oxidation sites excluding steroid dienone is 4. The summed E-state index contributed by atoms with van der Waals surface area (Å²) in [5.74, 6) is 5.43. The van der Waals surface area contributed by atoms with Crippen LogP contribution in [0, 0.1) is 64.1 Å². The molecule has 1 aliphatic heterocycles. The van der Waals surface area contributed by atoms with Crippen molar-refractivity contribution in [3.63, 3.8) is 0 Å². The van der Waals surface area contributed by atoms with Gasteiger partial charge in [-0.3, -0.25) is 4.90 Å². The number of hydrogen-bond donors (Lipinski definition) is 1. The molecule has 1 N–H and O–H groups in total. The smallest absolute Gasteiger partial charge is 0.0441 e. The largest absolute Gasteiger partial charge is 0.382 e. The molecule has 8 unspecified atom stereocenters. The number of hydrogen-bond acceptors (Lipinski definition) is 3. The molecule has 7 fully saturated rings. The molecule has 6 saturated carbocycles. The average molecular weight is 736 g/mol. The Morgan fingerprint density at radius 2 is 1.44 bits per heavy atom. The van der Waals surface area contributed by atoms with Crippen LogP contribution in [0.2, 0.25) is 0 Å². The molecule has 300 valence electrons. The van der Waals surface area contributed by atoms with Crippen molar-refractivity contribution in [1.29, 1.82) is 0 Å². The van der Waals surface area contributed by atoms with Crippen LogP contribution in [0.5, 0.6) is 0 Å². The van der Waals surface area contributed by atoms with E-state index in [1.54, 1.807) is 11.3 Å². The van der Waals surface area contributed by atoms with Crippen molar-refractivity contribution in [3.8, 4) is 0 Å². The predicted octanol–water partition coefficient (Wildman–Crippen LogP) is 12.3. The Hall–Kier alpha value is -1.58. The number of aryl methyl sites for hydroxylation is 1. The predicted molar refractivity (Wildman–Crippen MR) is 230 cm³/mol. The lowest BCUT2D eigenvalue weighted by Crippen LogP contribution is -2.62. The zero-order valence-electron chi connectivity index (χ0n) is 36.6. The van der Waals surface area contributed by atoms with Crippen molar-refractivity contribution in [2.45, 2.75) is 164 Å². The van der Waals surface area contributed by atoms with E-state index < -0.39 is 0 Å². The summed E-state index contributed by atoms with van der Waals surface area (Å²) in [4.78, 5) is 5.38. The van der Waals surface area contributed by atoms with Crippen LogP contribution in [0.1, 0.15) is 163 Å². The number of nitrogens with zero attached hydrogens (tertiary/aromatic N) is 2. The summed E-state index contributed by atoms with van der Waals surface area (Å²) in [5, 5.41) is 4.45. The third kappa shape index (κ3) is 6.92. The van der Waals surface area contributed by atoms with E-state index in [2.05, 4.69) is 108 Å². The van der Waals surface area contributed by atoms with Gasteiger partial charge in [0.25, 0.3) is 0 Å². The molecule has 0 radical (unpaired) electrons. The highest BCUT2D eigenvalue weighted by molar-refractivity contribution is 5.71. The van der Waals surface area contributed by atoms with E-state index in [9.17, 15) is 0 Å². The van der Waals surface area contributed by atoms with E-state index in [0.29, 0.717) is 16.2 Å². The van der Waals surface area contributed by atoms with E-state index in [1.165, 1.54) is 147 Å². The molecule has 0 bridgehead atoms. The first-order valence-electron chi connectivity index (χ1n) is 23.4. The van der Waals surface area contributed by atoms with E-state index in [0.717, 1.165) is 35.5 Å². The Balaban J connectivity index is 0.000000971. The normalized spacial score (nSPS) is 39.1. The van der Waals surface area contributed by atoms with Gasteiger partial charge in [0, 0.05) is 49.4 Å². The van der Waals surface area contributed by atoms with Crippen LogP contribution in [0.4, 0.5) is 0 Å². The van der Waals surface area contributed by atoms with Crippen molar-refractivity contribution in [2.75, 3.05) is 39.3 Å². The molecule has 54 heavy (non-hydrogen) atoms. The van der Waals surface area contributed by atoms with Gasteiger partial charge < -0.3 is 10.2 Å². The first-order valence-corrected chi connectivity index (χ1v) is 23.4. The van der Waals surface area contributed by atoms with E-state index >= 15 is 0 Å². The Morgan fingerprint density at radius 1 is 0.759 bits per heavy atom. The zero-order valence-corrected chi connectivity index (χ0v) is 36.6. The Bertz CT molecular complexity index is 1550. The fraction of sp³-hybridized carbons (Fsp3) is 0.804. The number of piperazine rings is 1. The van der Waals surface area contributed by atoms with Gasteiger partial charge in [-0.25, -0.2) is 0 Å². The summed E-state index contributed by atoms with van der Waals surface area (Å²) < 4.78 is 0. The summed E-state index contributed by atoms with van der Waals surface area (Å²) >= 11 is 0. The molecular weight excluding hydrogens is 655 g/mol. The van der Waals surface area contributed by atoms with Crippen molar-refractivity contribution in [1.82, 2.24) is 15.1 Å². The SMILES string of the molecule is CC1CC1.CCN1CCN(CC(C)(C)NC(=C2CCC2)C23CCCC2C2CCC4C(C)(CCC5C(C)(C)C(c6ccc(C)cc6)=CCC54C)C2CC3)CC1. The number of benzene rings is 1. The molecule has 0 amide bonds. The second kappa shape index (κ2) is 14.7. The van der Waals surface area contributed by atoms with Gasteiger partial charge in [-0.15, -0.1) is 0 Å². The molecule has 8 aliphatic rings. The van der Waals surface area contributed by atoms with Crippen molar-refractivity contribution >= 4 is 5.57 Å². The van der Waals surface area contributed by atoms with Gasteiger partial charge in [-0.05, 0) is 167 Å². The van der Waals surface area contributed by atoms with Gasteiger partial charge >= 0.3 is 0 Å². The average Bonchev–Trinajstić information content (AvgIpc) is 3.76. The number of fused-ring (bicyclic) bond motifs is 7. The maximum Gasteiger partial charge on any atom is 0.0441 e. The summed E-state index contributed by atoms with van der Waals surface area (Å²) in [6.45, 7) is 30.0. The fourth-order valence-electron chi connectivity index (χ4n) is 15.0. The van der Waals surface area contributed by atoms with Crippen LogP contribution in [0.15, 0.2) is 41.6 Å². The van der Waals surface area contributed by atoms with Gasteiger partial charge in [0.05, 0.1) is 0 Å². The molecule has 9 rings (SSSR count). The quantitative estimate of drug-likeness (QED) is 0.301. The van der Waals surface area contributed by atoms with E-state index in [1.807, 2.05) is 5.57 Å². The maximum absolute atomic E-state index is 4.45. The summed E-state index contributed by atoms with van der Waals surface area (Å²) in [6.07, 6.45) is 24.2. The molecular formula is C51H81N3. The Labute approximate surface area is 333 Å². The van der Waals surface area contributed by atoms with Crippen LogP contribution in [0.25, 0.3) is 5.57 Å². The van der Waals surface area contributed by atoms with Crippen LogP contribution in [-0.2, 0) is 0 Å². The molecule has 1 heterocycles. The third-order valence-electron chi connectivity index (χ3n) is 18.1. The van der Waals surface area contributed by atoms with Gasteiger partial charge in [0.15, 0.2) is 0 Å². The van der Waals surface area contributed by atoms with Crippen LogP contribution in [-0.4, -0.2) is 54.6 Å². The molecule has 1 aromatic rings. The summed E-state index contributed by atoms with van der Waals surface area (Å²) in [5.41, 5.74) is 9.72. The highest BCUT2D eigenvalue weighted by atomic mass is 15.3. The molecule has 1 saturated heterocycles. The highest BCUT2D eigenvalue weighted by Crippen LogP contribution is 2.74. The molecule has 7 aliphatic carbocycles. The van der Waals surface area contributed by atoms with Gasteiger partial charge in [0.2, 0.25) is 0 Å². The topological polar surface area (TPSA) is 18.5 Å². The van der Waals surface area contributed by atoms with E-state index in [-0.39, 0.29) is 11.0 Å². The van der Waals surface area contributed by atoms with Crippen molar-refractivity contribution in [2.24, 2.45) is 57.2 Å². The molecule has 8 atom stereocenters. The minimum Gasteiger partial charge on any atom is -0.382 e. The monoisotopic (exact) mass is 736 g/mol. The van der Waals surface area contributed by atoms with Gasteiger partial charge in [-0.2, -0.15) is 0 Å². The standard InChI is InChI=1S/C47H73N3.C4H8/c1-9-49-28-30-50(31-29-49)32-43(3,4)48-42(35-12-10-13-35)47-24-11-14-39(47)36-19-20-41-45(7,38(36)22-27-47)26-23-40-44(5,6)37(21-25-46(40,41)8)34-17-15-33(2)16-18-34;1-4-2-3-4/h15-18,21,36,38-41,48H,9-14,19-20,22-32H2,1-8H3;4H,2-3H2,1H3. The number of rotatable bonds is 7. The summed E-state index contributed by atoms with van der Waals surface area (Å²) in [6, 6.07) is 9.44. The number of likely N-dealkylation sites (N-methyl/N-ethyl adjacent to an activating group) is 1. The lowest BCUT2D eigenvalue weighted by Gasteiger charge is -2.68. The first kappa shape index (κ1) is 39.3. The van der Waals surface area contributed by atoms with Crippen molar-refractivity contribution < 1.29 is 0 Å². The second-order valence-electron chi connectivity index (χ2n) is 22.3. The lowest BCUT2D eigenvalue weighted by molar-refractivity contribution is -0.175. The van der Waals surface area contributed by atoms with Crippen molar-refractivity contribution in [3.05, 3.63) is 52.7 Å². The first-order chi connectivity index (χ1) is 25.7. The van der Waals surface area contributed by atoms with Crippen LogP contribution < -0.4 is 5.32 Å². The molecule has 0 aromatic heterocycles. The lowest BCUT2D eigenvalue weighted by atomic mass is 9.36. The zero-order chi connectivity index (χ0) is 38.1. The minimum atomic E-state index is 0.112. The molecule has 1 aromatic carbocycles.